The van der Waals surface area contributed by atoms with Crippen LogP contribution in [0.1, 0.15) is 35.4 Å². The first-order valence-electron chi connectivity index (χ1n) is 8.77. The average Bonchev–Trinajstić information content (AvgIpc) is 2.94. The Hall–Kier alpha value is -1.56. The van der Waals surface area contributed by atoms with Crippen LogP contribution >= 0.6 is 12.4 Å². The number of hydrogen-bond donors (Lipinski definition) is 2. The molecular weight excluding hydrogens is 340 g/mol. The number of likely N-dealkylation sites (tertiary alicyclic amines) is 1. The number of para-hydroxylation sites is 1. The van der Waals surface area contributed by atoms with Gasteiger partial charge in [-0.1, -0.05) is 18.2 Å². The van der Waals surface area contributed by atoms with Gasteiger partial charge in [-0.05, 0) is 38.8 Å². The number of nitrogens with zero attached hydrogens (tertiary/aromatic N) is 1. The number of carbonyl (C=O) groups is 1. The fraction of sp³-hybridized carbons (Fsp3) is 0.526. The molecule has 5 nitrogen and oxygen atoms in total. The molecule has 0 radical (unpaired) electrons. The lowest BCUT2D eigenvalue weighted by atomic mass is 9.72. The highest BCUT2D eigenvalue weighted by Crippen LogP contribution is 2.37. The molecule has 0 saturated carbocycles. The zero-order valence-corrected chi connectivity index (χ0v) is 15.3. The minimum absolute atomic E-state index is 0. The van der Waals surface area contributed by atoms with E-state index in [9.17, 15) is 9.90 Å². The Morgan fingerprint density at radius 2 is 2.20 bits per heavy atom. The van der Waals surface area contributed by atoms with Gasteiger partial charge in [-0.25, -0.2) is 0 Å². The Bertz CT molecular complexity index is 771. The van der Waals surface area contributed by atoms with Gasteiger partial charge in [-0.15, -0.1) is 12.4 Å². The van der Waals surface area contributed by atoms with Crippen molar-refractivity contribution in [1.29, 1.82) is 0 Å². The highest BCUT2D eigenvalue weighted by molar-refractivity contribution is 5.99. The van der Waals surface area contributed by atoms with Crippen molar-refractivity contribution in [3.63, 3.8) is 0 Å². The molecule has 136 valence electrons. The van der Waals surface area contributed by atoms with E-state index in [1.165, 1.54) is 0 Å². The normalized spacial score (nSPS) is 26.6. The van der Waals surface area contributed by atoms with Crippen molar-refractivity contribution in [2.24, 2.45) is 5.41 Å². The average molecular weight is 365 g/mol. The van der Waals surface area contributed by atoms with Crippen LogP contribution in [0.25, 0.3) is 11.0 Å². The predicted molar refractivity (Wildman–Crippen MR) is 99.3 cm³/mol. The van der Waals surface area contributed by atoms with Crippen LogP contribution in [-0.4, -0.2) is 48.2 Å². The standard InChI is InChI=1S/C19H24N2O3.ClH/c1-13-14-5-2-3-6-15(14)24-17(13)18(23)21-10-4-8-19(12-21)11-20-9-7-16(19)22;/h2-3,5-6,16,20,22H,4,7-12H2,1H3;1H/t16-,19-;/m0./s1. The highest BCUT2D eigenvalue weighted by atomic mass is 35.5. The zero-order valence-electron chi connectivity index (χ0n) is 14.5. The van der Waals surface area contributed by atoms with Gasteiger partial charge in [0.25, 0.3) is 5.91 Å². The van der Waals surface area contributed by atoms with Gasteiger partial charge in [-0.2, -0.15) is 0 Å². The van der Waals surface area contributed by atoms with Crippen LogP contribution in [0.3, 0.4) is 0 Å². The Labute approximate surface area is 153 Å². The van der Waals surface area contributed by atoms with Crippen LogP contribution in [0.2, 0.25) is 0 Å². The molecule has 0 bridgehead atoms. The van der Waals surface area contributed by atoms with Gasteiger partial charge in [0, 0.05) is 36.0 Å². The van der Waals surface area contributed by atoms with E-state index in [0.717, 1.165) is 55.4 Å². The molecular formula is C19H25ClN2O3. The number of halogens is 1. The fourth-order valence-corrected chi connectivity index (χ4v) is 4.27. The van der Waals surface area contributed by atoms with Gasteiger partial charge in [-0.3, -0.25) is 4.79 Å². The lowest BCUT2D eigenvalue weighted by molar-refractivity contribution is -0.0438. The molecule has 1 aromatic heterocycles. The summed E-state index contributed by atoms with van der Waals surface area (Å²) >= 11 is 0. The molecule has 1 aromatic carbocycles. The predicted octanol–water partition coefficient (Wildman–Crippen LogP) is 2.74. The molecule has 2 aliphatic rings. The minimum Gasteiger partial charge on any atom is -0.451 e. The molecule has 25 heavy (non-hydrogen) atoms. The number of amides is 1. The number of aliphatic hydroxyl groups excluding tert-OH is 1. The summed E-state index contributed by atoms with van der Waals surface area (Å²) in [5.41, 5.74) is 1.44. The van der Waals surface area contributed by atoms with E-state index in [2.05, 4.69) is 5.32 Å². The van der Waals surface area contributed by atoms with Crippen LogP contribution in [0, 0.1) is 12.3 Å². The van der Waals surface area contributed by atoms with Crippen molar-refractivity contribution in [3.8, 4) is 0 Å². The summed E-state index contributed by atoms with van der Waals surface area (Å²) in [7, 11) is 0. The number of benzene rings is 1. The summed E-state index contributed by atoms with van der Waals surface area (Å²) in [6, 6.07) is 7.75. The Morgan fingerprint density at radius 3 is 2.96 bits per heavy atom. The number of hydrogen-bond acceptors (Lipinski definition) is 4. The third kappa shape index (κ3) is 3.05. The number of furan rings is 1. The smallest absolute Gasteiger partial charge is 0.289 e. The number of fused-ring (bicyclic) bond motifs is 1. The summed E-state index contributed by atoms with van der Waals surface area (Å²) in [6.07, 6.45) is 2.30. The minimum atomic E-state index is -0.342. The molecule has 2 fully saturated rings. The molecule has 4 rings (SSSR count). The summed E-state index contributed by atoms with van der Waals surface area (Å²) in [6.45, 7) is 4.88. The summed E-state index contributed by atoms with van der Waals surface area (Å²) in [5, 5.41) is 14.9. The van der Waals surface area contributed by atoms with Gasteiger partial charge in [0.15, 0.2) is 5.76 Å². The molecule has 3 heterocycles. The highest BCUT2D eigenvalue weighted by Gasteiger charge is 2.44. The molecule has 6 heteroatoms. The maximum Gasteiger partial charge on any atom is 0.289 e. The van der Waals surface area contributed by atoms with Crippen molar-refractivity contribution >= 4 is 29.3 Å². The van der Waals surface area contributed by atoms with Crippen molar-refractivity contribution in [2.45, 2.75) is 32.3 Å². The zero-order chi connectivity index (χ0) is 16.7. The molecule has 2 N–H and O–H groups in total. The number of piperidine rings is 2. The SMILES string of the molecule is Cc1c(C(=O)N2CCC[C@]3(CNCC[C@@H]3O)C2)oc2ccccc12.Cl. The summed E-state index contributed by atoms with van der Waals surface area (Å²) in [4.78, 5) is 14.9. The number of aryl methyl sites for hydroxylation is 1. The van der Waals surface area contributed by atoms with E-state index < -0.39 is 0 Å². The maximum atomic E-state index is 13.1. The second-order valence-corrected chi connectivity index (χ2v) is 7.23. The van der Waals surface area contributed by atoms with Gasteiger partial charge in [0.05, 0.1) is 6.10 Å². The first kappa shape index (κ1) is 18.2. The molecule has 1 amide bonds. The molecule has 2 saturated heterocycles. The van der Waals surface area contributed by atoms with Crippen LogP contribution in [-0.2, 0) is 0 Å². The summed E-state index contributed by atoms with van der Waals surface area (Å²) in [5.74, 6) is 0.382. The van der Waals surface area contributed by atoms with E-state index in [1.807, 2.05) is 36.1 Å². The van der Waals surface area contributed by atoms with E-state index >= 15 is 0 Å². The lowest BCUT2D eigenvalue weighted by Gasteiger charge is -2.48. The lowest BCUT2D eigenvalue weighted by Crippen LogP contribution is -2.58. The monoisotopic (exact) mass is 364 g/mol. The third-order valence-corrected chi connectivity index (χ3v) is 5.71. The molecule has 0 aliphatic carbocycles. The van der Waals surface area contributed by atoms with Crippen molar-refractivity contribution in [1.82, 2.24) is 10.2 Å². The van der Waals surface area contributed by atoms with Crippen molar-refractivity contribution in [2.75, 3.05) is 26.2 Å². The number of carbonyl (C=O) groups excluding carboxylic acids is 1. The quantitative estimate of drug-likeness (QED) is 0.816. The Morgan fingerprint density at radius 1 is 1.40 bits per heavy atom. The van der Waals surface area contributed by atoms with Gasteiger partial charge in [0.1, 0.15) is 5.58 Å². The van der Waals surface area contributed by atoms with Crippen LogP contribution in [0.5, 0.6) is 0 Å². The van der Waals surface area contributed by atoms with Gasteiger partial charge < -0.3 is 19.7 Å². The maximum absolute atomic E-state index is 13.1. The fourth-order valence-electron chi connectivity index (χ4n) is 4.27. The van der Waals surface area contributed by atoms with Gasteiger partial charge >= 0.3 is 0 Å². The third-order valence-electron chi connectivity index (χ3n) is 5.71. The van der Waals surface area contributed by atoms with Crippen LogP contribution in [0.15, 0.2) is 28.7 Å². The van der Waals surface area contributed by atoms with Gasteiger partial charge in [0.2, 0.25) is 0 Å². The second-order valence-electron chi connectivity index (χ2n) is 7.23. The largest absolute Gasteiger partial charge is 0.451 e. The molecule has 2 aromatic rings. The summed E-state index contributed by atoms with van der Waals surface area (Å²) < 4.78 is 5.85. The van der Waals surface area contributed by atoms with E-state index in [0.29, 0.717) is 12.3 Å². The van der Waals surface area contributed by atoms with Crippen molar-refractivity contribution < 1.29 is 14.3 Å². The topological polar surface area (TPSA) is 65.7 Å². The van der Waals surface area contributed by atoms with Crippen molar-refractivity contribution in [3.05, 3.63) is 35.6 Å². The number of nitrogens with one attached hydrogen (secondary N) is 1. The second kappa shape index (κ2) is 6.98. The Kier molecular flexibility index (Phi) is 5.09. The molecule has 2 aliphatic heterocycles. The Balaban J connectivity index is 0.00000182. The first-order chi connectivity index (χ1) is 11.6. The van der Waals surface area contributed by atoms with Crippen LogP contribution < -0.4 is 5.32 Å². The molecule has 0 unspecified atom stereocenters. The van der Waals surface area contributed by atoms with E-state index in [1.54, 1.807) is 0 Å². The van der Waals surface area contributed by atoms with E-state index in [4.69, 9.17) is 4.42 Å². The molecule has 1 spiro atoms. The van der Waals surface area contributed by atoms with Crippen LogP contribution in [0.4, 0.5) is 0 Å². The number of aliphatic hydroxyl groups is 1. The number of rotatable bonds is 1. The van der Waals surface area contributed by atoms with E-state index in [-0.39, 0.29) is 29.8 Å². The first-order valence-corrected chi connectivity index (χ1v) is 8.77. The molecule has 2 atom stereocenters.